The van der Waals surface area contributed by atoms with Gasteiger partial charge < -0.3 is 5.32 Å². The van der Waals surface area contributed by atoms with Gasteiger partial charge in [0.05, 0.1) is 6.04 Å². The highest BCUT2D eigenvalue weighted by molar-refractivity contribution is 5.85. The van der Waals surface area contributed by atoms with Crippen molar-refractivity contribution in [2.24, 2.45) is 0 Å². The molecule has 0 aromatic carbocycles. The lowest BCUT2D eigenvalue weighted by molar-refractivity contribution is -0.124. The van der Waals surface area contributed by atoms with E-state index in [-0.39, 0.29) is 11.9 Å². The molecule has 50 valence electrons. The minimum absolute atomic E-state index is 0.190. The van der Waals surface area contributed by atoms with E-state index in [1.807, 2.05) is 7.05 Å². The number of nitrogens with one attached hydrogen (secondary N) is 1. The molecule has 2 bridgehead atoms. The molecule has 0 spiro atoms. The number of rotatable bonds is 0. The maximum atomic E-state index is 10.9. The number of amides is 1. The number of hydrogen-bond acceptors (Lipinski definition) is 2. The van der Waals surface area contributed by atoms with Crippen molar-refractivity contribution in [2.45, 2.75) is 18.5 Å². The first-order valence-electron chi connectivity index (χ1n) is 3.28. The molecule has 1 N–H and O–H groups in total. The van der Waals surface area contributed by atoms with Crippen molar-refractivity contribution < 1.29 is 4.79 Å². The van der Waals surface area contributed by atoms with Crippen molar-refractivity contribution >= 4 is 5.91 Å². The highest BCUT2D eigenvalue weighted by Gasteiger charge is 2.41. The van der Waals surface area contributed by atoms with Crippen LogP contribution in [0.15, 0.2) is 0 Å². The first-order valence-corrected chi connectivity index (χ1v) is 3.28. The van der Waals surface area contributed by atoms with Gasteiger partial charge in [-0.1, -0.05) is 0 Å². The Hall–Kier alpha value is -0.570. The molecular formula is C6H10N2O. The van der Waals surface area contributed by atoms with Crippen LogP contribution in [-0.4, -0.2) is 36.5 Å². The Morgan fingerprint density at radius 3 is 2.89 bits per heavy atom. The van der Waals surface area contributed by atoms with Crippen LogP contribution in [0.25, 0.3) is 0 Å². The topological polar surface area (TPSA) is 32.3 Å². The second-order valence-corrected chi connectivity index (χ2v) is 2.90. The predicted octanol–water partition coefficient (Wildman–Crippen LogP) is -0.811. The van der Waals surface area contributed by atoms with E-state index in [0.29, 0.717) is 6.04 Å². The van der Waals surface area contributed by atoms with Crippen molar-refractivity contribution in [3.05, 3.63) is 0 Å². The summed E-state index contributed by atoms with van der Waals surface area (Å²) in [6.07, 6.45) is 1.02. The summed E-state index contributed by atoms with van der Waals surface area (Å²) in [6.45, 7) is 1.04. The highest BCUT2D eigenvalue weighted by atomic mass is 16.2. The number of carbonyl (C=O) groups is 1. The molecular weight excluding hydrogens is 116 g/mol. The fourth-order valence-electron chi connectivity index (χ4n) is 1.71. The zero-order chi connectivity index (χ0) is 6.43. The van der Waals surface area contributed by atoms with Gasteiger partial charge in [-0.2, -0.15) is 0 Å². The molecule has 0 radical (unpaired) electrons. The van der Waals surface area contributed by atoms with E-state index in [1.54, 1.807) is 0 Å². The van der Waals surface area contributed by atoms with E-state index in [1.165, 1.54) is 0 Å². The normalized spacial score (nSPS) is 41.7. The lowest BCUT2D eigenvalue weighted by atomic mass is 10.2. The molecule has 0 unspecified atom stereocenters. The van der Waals surface area contributed by atoms with Crippen molar-refractivity contribution in [3.8, 4) is 0 Å². The quantitative estimate of drug-likeness (QED) is 0.460. The summed E-state index contributed by atoms with van der Waals surface area (Å²) in [5, 5.41) is 2.90. The Labute approximate surface area is 54.0 Å². The number of likely N-dealkylation sites (N-methyl/N-ethyl adjacent to an activating group) is 1. The number of nitrogens with zero attached hydrogens (tertiary/aromatic N) is 1. The van der Waals surface area contributed by atoms with Crippen molar-refractivity contribution in [2.75, 3.05) is 13.6 Å². The minimum Gasteiger partial charge on any atom is -0.351 e. The number of carbonyl (C=O) groups excluding carboxylic acids is 1. The molecule has 3 nitrogen and oxygen atoms in total. The van der Waals surface area contributed by atoms with Gasteiger partial charge in [-0.25, -0.2) is 0 Å². The van der Waals surface area contributed by atoms with Crippen LogP contribution in [-0.2, 0) is 4.79 Å². The summed E-state index contributed by atoms with van der Waals surface area (Å²) in [5.74, 6) is 0.216. The molecule has 9 heavy (non-hydrogen) atoms. The van der Waals surface area contributed by atoms with Gasteiger partial charge in [0, 0.05) is 12.6 Å². The largest absolute Gasteiger partial charge is 0.351 e. The zero-order valence-electron chi connectivity index (χ0n) is 5.42. The Morgan fingerprint density at radius 1 is 1.78 bits per heavy atom. The molecule has 2 atom stereocenters. The monoisotopic (exact) mass is 126 g/mol. The van der Waals surface area contributed by atoms with Crippen LogP contribution in [0.5, 0.6) is 0 Å². The van der Waals surface area contributed by atoms with Crippen LogP contribution >= 0.6 is 0 Å². The smallest absolute Gasteiger partial charge is 0.237 e. The predicted molar refractivity (Wildman–Crippen MR) is 33.0 cm³/mol. The van der Waals surface area contributed by atoms with Crippen LogP contribution in [0.2, 0.25) is 0 Å². The van der Waals surface area contributed by atoms with Gasteiger partial charge in [0.2, 0.25) is 5.91 Å². The van der Waals surface area contributed by atoms with Crippen LogP contribution in [0.3, 0.4) is 0 Å². The van der Waals surface area contributed by atoms with E-state index in [0.717, 1.165) is 13.0 Å². The Bertz CT molecular complexity index is 157. The molecule has 2 rings (SSSR count). The van der Waals surface area contributed by atoms with E-state index < -0.39 is 0 Å². The summed E-state index contributed by atoms with van der Waals surface area (Å²) < 4.78 is 0. The fraction of sp³-hybridized carbons (Fsp3) is 0.833. The second kappa shape index (κ2) is 1.48. The summed E-state index contributed by atoms with van der Waals surface area (Å²) in [7, 11) is 2.00. The SMILES string of the molecule is CN1C[C@H]2C[C@@H]1C(=O)N2. The van der Waals surface area contributed by atoms with Crippen molar-refractivity contribution in [3.63, 3.8) is 0 Å². The molecule has 0 aliphatic carbocycles. The third-order valence-electron chi connectivity index (χ3n) is 2.20. The second-order valence-electron chi connectivity index (χ2n) is 2.90. The summed E-state index contributed by atoms with van der Waals surface area (Å²) in [6, 6.07) is 0.641. The van der Waals surface area contributed by atoms with Crippen molar-refractivity contribution in [1.82, 2.24) is 10.2 Å². The third kappa shape index (κ3) is 0.580. The van der Waals surface area contributed by atoms with Gasteiger partial charge in [0.15, 0.2) is 0 Å². The number of fused-ring (bicyclic) bond motifs is 2. The molecule has 0 saturated carbocycles. The van der Waals surface area contributed by atoms with Gasteiger partial charge in [-0.15, -0.1) is 0 Å². The molecule has 0 aromatic rings. The van der Waals surface area contributed by atoms with E-state index in [2.05, 4.69) is 10.2 Å². The molecule has 1 amide bonds. The number of likely N-dealkylation sites (tertiary alicyclic amines) is 1. The lowest BCUT2D eigenvalue weighted by Gasteiger charge is -2.20. The molecule has 3 heteroatoms. The fourth-order valence-corrected chi connectivity index (χ4v) is 1.71. The van der Waals surface area contributed by atoms with E-state index in [9.17, 15) is 4.79 Å². The Balaban J connectivity index is 2.21. The number of hydrogen-bond donors (Lipinski definition) is 1. The maximum Gasteiger partial charge on any atom is 0.237 e. The van der Waals surface area contributed by atoms with Crippen LogP contribution in [0.1, 0.15) is 6.42 Å². The average Bonchev–Trinajstić information content (AvgIpc) is 2.22. The van der Waals surface area contributed by atoms with E-state index in [4.69, 9.17) is 0 Å². The standard InChI is InChI=1S/C6H10N2O/c1-8-3-4-2-5(8)6(9)7-4/h4-5H,2-3H2,1H3,(H,7,9)/t4-,5-/m1/s1. The molecule has 2 saturated heterocycles. The molecule has 2 aliphatic heterocycles. The summed E-state index contributed by atoms with van der Waals surface area (Å²) in [5.41, 5.74) is 0. The Kier molecular flexibility index (Phi) is 0.858. The van der Waals surface area contributed by atoms with Crippen molar-refractivity contribution in [1.29, 1.82) is 0 Å². The van der Waals surface area contributed by atoms with Crippen LogP contribution in [0.4, 0.5) is 0 Å². The van der Waals surface area contributed by atoms with Crippen LogP contribution < -0.4 is 5.32 Å². The molecule has 2 fully saturated rings. The summed E-state index contributed by atoms with van der Waals surface area (Å²) in [4.78, 5) is 13.0. The Morgan fingerprint density at radius 2 is 2.56 bits per heavy atom. The number of piperazine rings is 1. The van der Waals surface area contributed by atoms with Crippen LogP contribution in [0, 0.1) is 0 Å². The molecule has 2 aliphatic rings. The average molecular weight is 126 g/mol. The van der Waals surface area contributed by atoms with Gasteiger partial charge in [0.1, 0.15) is 0 Å². The first kappa shape index (κ1) is 5.23. The molecule has 2 heterocycles. The maximum absolute atomic E-state index is 10.9. The minimum atomic E-state index is 0.190. The van der Waals surface area contributed by atoms with E-state index >= 15 is 0 Å². The molecule has 0 aromatic heterocycles. The highest BCUT2D eigenvalue weighted by Crippen LogP contribution is 2.21. The van der Waals surface area contributed by atoms with Gasteiger partial charge in [0.25, 0.3) is 0 Å². The zero-order valence-corrected chi connectivity index (χ0v) is 5.42. The van der Waals surface area contributed by atoms with Gasteiger partial charge in [-0.3, -0.25) is 9.69 Å². The third-order valence-corrected chi connectivity index (χ3v) is 2.20. The lowest BCUT2D eigenvalue weighted by Crippen LogP contribution is -2.45. The first-order chi connectivity index (χ1) is 4.27. The van der Waals surface area contributed by atoms with Gasteiger partial charge in [-0.05, 0) is 13.5 Å². The summed E-state index contributed by atoms with van der Waals surface area (Å²) >= 11 is 0. The van der Waals surface area contributed by atoms with Gasteiger partial charge >= 0.3 is 0 Å².